The van der Waals surface area contributed by atoms with Crippen LogP contribution < -0.4 is 4.74 Å². The topological polar surface area (TPSA) is 49.8 Å². The van der Waals surface area contributed by atoms with Crippen LogP contribution >= 0.6 is 0 Å². The number of aliphatic carboxylic acids is 1. The molecule has 1 saturated heterocycles. The van der Waals surface area contributed by atoms with Gasteiger partial charge in [-0.3, -0.25) is 4.79 Å². The lowest BCUT2D eigenvalue weighted by Crippen LogP contribution is -2.39. The average molecular weight is 291 g/mol. The second kappa shape index (κ2) is 7.46. The van der Waals surface area contributed by atoms with Crippen LogP contribution in [-0.2, 0) is 4.79 Å². The maximum absolute atomic E-state index is 11.0. The summed E-state index contributed by atoms with van der Waals surface area (Å²) in [6, 6.07) is 6.15. The van der Waals surface area contributed by atoms with Crippen LogP contribution in [0.3, 0.4) is 0 Å². The Morgan fingerprint density at radius 3 is 2.90 bits per heavy atom. The number of carboxylic acids is 1. The van der Waals surface area contributed by atoms with Crippen molar-refractivity contribution in [3.05, 3.63) is 29.3 Å². The van der Waals surface area contributed by atoms with Crippen molar-refractivity contribution in [3.63, 3.8) is 0 Å². The molecule has 0 spiro atoms. The Morgan fingerprint density at radius 1 is 1.38 bits per heavy atom. The fourth-order valence-corrected chi connectivity index (χ4v) is 2.74. The van der Waals surface area contributed by atoms with Gasteiger partial charge in [0.1, 0.15) is 5.75 Å². The number of rotatable bonds is 6. The minimum Gasteiger partial charge on any atom is -0.494 e. The molecular weight excluding hydrogens is 266 g/mol. The molecule has 1 atom stereocenters. The molecule has 0 bridgehead atoms. The standard InChI is InChI=1S/C17H25NO3/c1-13-6-7-16(11-14(13)2)21-10-4-9-18-8-3-5-15(12-18)17(19)20/h6-7,11,15H,3-5,8-10,12H2,1-2H3,(H,19,20)/t15-/m0/s1. The second-order valence-electron chi connectivity index (χ2n) is 5.93. The van der Waals surface area contributed by atoms with Crippen LogP contribution in [0.25, 0.3) is 0 Å². The monoisotopic (exact) mass is 291 g/mol. The maximum Gasteiger partial charge on any atom is 0.307 e. The molecule has 0 aromatic heterocycles. The van der Waals surface area contributed by atoms with E-state index in [1.807, 2.05) is 6.07 Å². The van der Waals surface area contributed by atoms with Crippen LogP contribution in [0.15, 0.2) is 18.2 Å². The van der Waals surface area contributed by atoms with Crippen molar-refractivity contribution in [2.75, 3.05) is 26.2 Å². The largest absolute Gasteiger partial charge is 0.494 e. The predicted octanol–water partition coefficient (Wildman–Crippen LogP) is 2.87. The highest BCUT2D eigenvalue weighted by atomic mass is 16.5. The van der Waals surface area contributed by atoms with E-state index in [0.717, 1.165) is 38.1 Å². The van der Waals surface area contributed by atoms with E-state index in [9.17, 15) is 4.79 Å². The minimum absolute atomic E-state index is 0.195. The van der Waals surface area contributed by atoms with Gasteiger partial charge in [0.05, 0.1) is 12.5 Å². The lowest BCUT2D eigenvalue weighted by molar-refractivity contribution is -0.143. The molecule has 4 nitrogen and oxygen atoms in total. The summed E-state index contributed by atoms with van der Waals surface area (Å²) < 4.78 is 5.76. The summed E-state index contributed by atoms with van der Waals surface area (Å²) in [6.07, 6.45) is 2.72. The number of likely N-dealkylation sites (tertiary alicyclic amines) is 1. The van der Waals surface area contributed by atoms with E-state index in [-0.39, 0.29) is 5.92 Å². The number of ether oxygens (including phenoxy) is 1. The lowest BCUT2D eigenvalue weighted by atomic mass is 9.98. The van der Waals surface area contributed by atoms with E-state index in [1.54, 1.807) is 0 Å². The highest BCUT2D eigenvalue weighted by Gasteiger charge is 2.24. The van der Waals surface area contributed by atoms with Gasteiger partial charge in [-0.1, -0.05) is 6.07 Å². The molecule has 0 amide bonds. The highest BCUT2D eigenvalue weighted by Crippen LogP contribution is 2.18. The first-order valence-electron chi connectivity index (χ1n) is 7.71. The van der Waals surface area contributed by atoms with Crippen molar-refractivity contribution in [3.8, 4) is 5.75 Å². The Kier molecular flexibility index (Phi) is 5.62. The van der Waals surface area contributed by atoms with E-state index in [2.05, 4.69) is 30.9 Å². The first-order valence-corrected chi connectivity index (χ1v) is 7.71. The number of aryl methyl sites for hydroxylation is 2. The fraction of sp³-hybridized carbons (Fsp3) is 0.588. The summed E-state index contributed by atoms with van der Waals surface area (Å²) in [4.78, 5) is 13.3. The fourth-order valence-electron chi connectivity index (χ4n) is 2.74. The molecule has 1 fully saturated rings. The minimum atomic E-state index is -0.661. The smallest absolute Gasteiger partial charge is 0.307 e. The van der Waals surface area contributed by atoms with Crippen LogP contribution in [0.1, 0.15) is 30.4 Å². The SMILES string of the molecule is Cc1ccc(OCCCN2CCC[C@H](C(=O)O)C2)cc1C. The highest BCUT2D eigenvalue weighted by molar-refractivity contribution is 5.70. The van der Waals surface area contributed by atoms with E-state index in [0.29, 0.717) is 13.2 Å². The summed E-state index contributed by atoms with van der Waals surface area (Å²) in [7, 11) is 0. The third kappa shape index (κ3) is 4.74. The zero-order valence-electron chi connectivity index (χ0n) is 13.0. The molecule has 1 aliphatic heterocycles. The van der Waals surface area contributed by atoms with Crippen LogP contribution in [-0.4, -0.2) is 42.2 Å². The van der Waals surface area contributed by atoms with E-state index in [4.69, 9.17) is 9.84 Å². The van der Waals surface area contributed by atoms with Gasteiger partial charge in [-0.05, 0) is 62.9 Å². The zero-order valence-corrected chi connectivity index (χ0v) is 13.0. The summed E-state index contributed by atoms with van der Waals surface area (Å²) in [5, 5.41) is 9.07. The molecule has 0 radical (unpaired) electrons. The normalized spacial score (nSPS) is 19.4. The number of piperidine rings is 1. The van der Waals surface area contributed by atoms with Crippen LogP contribution in [0.4, 0.5) is 0 Å². The molecule has 0 unspecified atom stereocenters. The Balaban J connectivity index is 1.69. The van der Waals surface area contributed by atoms with Gasteiger partial charge in [0, 0.05) is 13.1 Å². The van der Waals surface area contributed by atoms with E-state index in [1.165, 1.54) is 11.1 Å². The molecule has 1 aromatic rings. The number of hydrogen-bond acceptors (Lipinski definition) is 3. The van der Waals surface area contributed by atoms with Crippen molar-refractivity contribution < 1.29 is 14.6 Å². The number of carbonyl (C=O) groups is 1. The quantitative estimate of drug-likeness (QED) is 0.819. The van der Waals surface area contributed by atoms with Crippen molar-refractivity contribution in [2.45, 2.75) is 33.1 Å². The summed E-state index contributed by atoms with van der Waals surface area (Å²) in [6.45, 7) is 7.45. The molecule has 1 N–H and O–H groups in total. The van der Waals surface area contributed by atoms with Gasteiger partial charge in [0.25, 0.3) is 0 Å². The van der Waals surface area contributed by atoms with Gasteiger partial charge in [-0.2, -0.15) is 0 Å². The van der Waals surface area contributed by atoms with Gasteiger partial charge in [-0.15, -0.1) is 0 Å². The van der Waals surface area contributed by atoms with E-state index >= 15 is 0 Å². The number of hydrogen-bond donors (Lipinski definition) is 1. The molecule has 21 heavy (non-hydrogen) atoms. The Bertz CT molecular complexity index is 487. The Morgan fingerprint density at radius 2 is 2.19 bits per heavy atom. The number of carboxylic acid groups (broad SMARTS) is 1. The number of benzene rings is 1. The average Bonchev–Trinajstić information content (AvgIpc) is 2.47. The van der Waals surface area contributed by atoms with Crippen molar-refractivity contribution in [2.24, 2.45) is 5.92 Å². The second-order valence-corrected chi connectivity index (χ2v) is 5.93. The van der Waals surface area contributed by atoms with Gasteiger partial charge in [-0.25, -0.2) is 0 Å². The molecule has 1 heterocycles. The van der Waals surface area contributed by atoms with Gasteiger partial charge in [0.2, 0.25) is 0 Å². The summed E-state index contributed by atoms with van der Waals surface area (Å²) in [5.41, 5.74) is 2.52. The van der Waals surface area contributed by atoms with Gasteiger partial charge < -0.3 is 14.7 Å². The van der Waals surface area contributed by atoms with Crippen LogP contribution in [0.2, 0.25) is 0 Å². The van der Waals surface area contributed by atoms with Crippen LogP contribution in [0.5, 0.6) is 5.75 Å². The third-order valence-corrected chi connectivity index (χ3v) is 4.22. The molecule has 0 aliphatic carbocycles. The molecule has 4 heteroatoms. The molecule has 116 valence electrons. The van der Waals surface area contributed by atoms with E-state index < -0.39 is 5.97 Å². The maximum atomic E-state index is 11.0. The Hall–Kier alpha value is -1.55. The van der Waals surface area contributed by atoms with Crippen molar-refractivity contribution in [1.29, 1.82) is 0 Å². The van der Waals surface area contributed by atoms with Gasteiger partial charge in [0.15, 0.2) is 0 Å². The zero-order chi connectivity index (χ0) is 15.2. The van der Waals surface area contributed by atoms with Crippen molar-refractivity contribution in [1.82, 2.24) is 4.90 Å². The summed E-state index contributed by atoms with van der Waals surface area (Å²) in [5.74, 6) is 0.0608. The Labute approximate surface area is 126 Å². The molecule has 0 saturated carbocycles. The number of nitrogens with zero attached hydrogens (tertiary/aromatic N) is 1. The molecule has 1 aliphatic rings. The van der Waals surface area contributed by atoms with Gasteiger partial charge >= 0.3 is 5.97 Å². The van der Waals surface area contributed by atoms with Crippen molar-refractivity contribution >= 4 is 5.97 Å². The first-order chi connectivity index (χ1) is 10.1. The first kappa shape index (κ1) is 15.8. The molecule has 1 aromatic carbocycles. The third-order valence-electron chi connectivity index (χ3n) is 4.22. The lowest BCUT2D eigenvalue weighted by Gasteiger charge is -2.30. The molecule has 2 rings (SSSR count). The summed E-state index contributed by atoms with van der Waals surface area (Å²) >= 11 is 0. The molecular formula is C17H25NO3. The predicted molar refractivity (Wildman–Crippen MR) is 82.8 cm³/mol. The van der Waals surface area contributed by atoms with Crippen LogP contribution in [0, 0.1) is 19.8 Å².